The molecule has 0 atom stereocenters. The van der Waals surface area contributed by atoms with Gasteiger partial charge in [0.25, 0.3) is 5.56 Å². The van der Waals surface area contributed by atoms with Crippen molar-refractivity contribution in [1.82, 2.24) is 19.6 Å². The van der Waals surface area contributed by atoms with Gasteiger partial charge in [-0.3, -0.25) is 9.78 Å². The highest BCUT2D eigenvalue weighted by Crippen LogP contribution is 2.30. The highest BCUT2D eigenvalue weighted by molar-refractivity contribution is 5.81. The van der Waals surface area contributed by atoms with Crippen molar-refractivity contribution in [2.24, 2.45) is 0 Å². The van der Waals surface area contributed by atoms with Gasteiger partial charge in [0.15, 0.2) is 0 Å². The quantitative estimate of drug-likeness (QED) is 0.574. The van der Waals surface area contributed by atoms with Gasteiger partial charge < -0.3 is 4.98 Å². The van der Waals surface area contributed by atoms with Gasteiger partial charge in [-0.05, 0) is 31.2 Å². The molecule has 0 saturated carbocycles. The summed E-state index contributed by atoms with van der Waals surface area (Å²) >= 11 is 0. The minimum Gasteiger partial charge on any atom is -0.306 e. The summed E-state index contributed by atoms with van der Waals surface area (Å²) in [6, 6.07) is 9.27. The minimum absolute atomic E-state index is 0.270. The molecule has 0 fully saturated rings. The van der Waals surface area contributed by atoms with Gasteiger partial charge >= 0.3 is 6.18 Å². The van der Waals surface area contributed by atoms with Gasteiger partial charge in [-0.15, -0.1) is 0 Å². The largest absolute Gasteiger partial charge is 0.433 e. The third-order valence-corrected chi connectivity index (χ3v) is 3.92. The van der Waals surface area contributed by atoms with Crippen molar-refractivity contribution in [2.45, 2.75) is 13.1 Å². The first-order valence-corrected chi connectivity index (χ1v) is 7.39. The molecule has 126 valence electrons. The zero-order valence-electron chi connectivity index (χ0n) is 12.9. The Morgan fingerprint density at radius 1 is 1.12 bits per heavy atom. The molecule has 25 heavy (non-hydrogen) atoms. The molecule has 0 amide bonds. The summed E-state index contributed by atoms with van der Waals surface area (Å²) in [6.45, 7) is 1.87. The van der Waals surface area contributed by atoms with Crippen LogP contribution in [0.25, 0.3) is 27.8 Å². The number of halogens is 3. The Morgan fingerprint density at radius 2 is 1.92 bits per heavy atom. The number of aryl methyl sites for hydroxylation is 1. The van der Waals surface area contributed by atoms with Gasteiger partial charge in [0.1, 0.15) is 11.3 Å². The molecule has 0 bridgehead atoms. The molecule has 3 heterocycles. The van der Waals surface area contributed by atoms with Crippen LogP contribution in [0.2, 0.25) is 0 Å². The van der Waals surface area contributed by atoms with Crippen LogP contribution >= 0.6 is 0 Å². The van der Waals surface area contributed by atoms with E-state index in [0.29, 0.717) is 22.2 Å². The van der Waals surface area contributed by atoms with Crippen molar-refractivity contribution >= 4 is 16.6 Å². The zero-order valence-corrected chi connectivity index (χ0v) is 12.9. The van der Waals surface area contributed by atoms with Crippen molar-refractivity contribution in [3.05, 3.63) is 64.2 Å². The standard InChI is InChI=1S/C17H11F3N4O/c1-9-2-3-13-11(6-9)16(25)22-15-8-12(23-24(13)15)10-4-5-21-14(7-10)17(18,19)20/h2-8H,1H3,(H,22,25). The fourth-order valence-electron chi connectivity index (χ4n) is 2.74. The lowest BCUT2D eigenvalue weighted by Gasteiger charge is -2.06. The highest BCUT2D eigenvalue weighted by Gasteiger charge is 2.32. The molecule has 0 aliphatic rings. The molecule has 0 unspecified atom stereocenters. The van der Waals surface area contributed by atoms with Crippen LogP contribution in [0.15, 0.2) is 47.4 Å². The van der Waals surface area contributed by atoms with E-state index < -0.39 is 11.9 Å². The first-order chi connectivity index (χ1) is 11.8. The van der Waals surface area contributed by atoms with Crippen LogP contribution in [0.3, 0.4) is 0 Å². The van der Waals surface area contributed by atoms with E-state index in [4.69, 9.17) is 0 Å². The fourth-order valence-corrected chi connectivity index (χ4v) is 2.74. The van der Waals surface area contributed by atoms with Gasteiger partial charge in [0, 0.05) is 17.8 Å². The molecule has 1 N–H and O–H groups in total. The van der Waals surface area contributed by atoms with Crippen LogP contribution in [0.1, 0.15) is 11.3 Å². The number of nitrogens with one attached hydrogen (secondary N) is 1. The van der Waals surface area contributed by atoms with Crippen molar-refractivity contribution in [2.75, 3.05) is 0 Å². The molecule has 0 saturated heterocycles. The Morgan fingerprint density at radius 3 is 2.68 bits per heavy atom. The van der Waals surface area contributed by atoms with Crippen LogP contribution < -0.4 is 5.56 Å². The van der Waals surface area contributed by atoms with Crippen molar-refractivity contribution in [1.29, 1.82) is 0 Å². The predicted octanol–water partition coefficient (Wildman–Crippen LogP) is 3.57. The molecule has 3 aromatic heterocycles. The maximum atomic E-state index is 12.9. The van der Waals surface area contributed by atoms with E-state index in [1.807, 2.05) is 13.0 Å². The number of hydrogen-bond acceptors (Lipinski definition) is 3. The van der Waals surface area contributed by atoms with Crippen molar-refractivity contribution < 1.29 is 13.2 Å². The monoisotopic (exact) mass is 344 g/mol. The summed E-state index contributed by atoms with van der Waals surface area (Å²) in [6.07, 6.45) is -3.44. The number of benzene rings is 1. The second kappa shape index (κ2) is 5.17. The van der Waals surface area contributed by atoms with Gasteiger partial charge in [-0.2, -0.15) is 18.3 Å². The molecular weight excluding hydrogens is 333 g/mol. The summed E-state index contributed by atoms with van der Waals surface area (Å²) in [4.78, 5) is 18.3. The topological polar surface area (TPSA) is 63.0 Å². The first kappa shape index (κ1) is 15.4. The Bertz CT molecular complexity index is 1170. The van der Waals surface area contributed by atoms with Gasteiger partial charge in [-0.25, -0.2) is 4.52 Å². The summed E-state index contributed by atoms with van der Waals surface area (Å²) < 4.78 is 40.1. The number of aromatic nitrogens is 4. The molecule has 0 aliphatic heterocycles. The first-order valence-electron chi connectivity index (χ1n) is 7.39. The number of aromatic amines is 1. The SMILES string of the molecule is Cc1ccc2c(c1)c(=O)[nH]c1cc(-c3ccnc(C(F)(F)F)c3)nn12. The summed E-state index contributed by atoms with van der Waals surface area (Å²) in [7, 11) is 0. The van der Waals surface area contributed by atoms with Crippen molar-refractivity contribution in [3.63, 3.8) is 0 Å². The average Bonchev–Trinajstić information content (AvgIpc) is 2.98. The maximum absolute atomic E-state index is 12.9. The lowest BCUT2D eigenvalue weighted by atomic mass is 10.1. The third-order valence-electron chi connectivity index (χ3n) is 3.92. The van der Waals surface area contributed by atoms with E-state index in [1.165, 1.54) is 16.6 Å². The van der Waals surface area contributed by atoms with Gasteiger partial charge in [0.05, 0.1) is 16.6 Å². The molecule has 5 nitrogen and oxygen atoms in total. The van der Waals surface area contributed by atoms with Gasteiger partial charge in [0.2, 0.25) is 0 Å². The lowest BCUT2D eigenvalue weighted by molar-refractivity contribution is -0.141. The van der Waals surface area contributed by atoms with Crippen LogP contribution in [0.4, 0.5) is 13.2 Å². The number of pyridine rings is 1. The smallest absolute Gasteiger partial charge is 0.306 e. The molecule has 0 radical (unpaired) electrons. The third kappa shape index (κ3) is 2.55. The molecule has 4 aromatic rings. The number of rotatable bonds is 1. The number of hydrogen-bond donors (Lipinski definition) is 1. The van der Waals surface area contributed by atoms with E-state index >= 15 is 0 Å². The predicted molar refractivity (Wildman–Crippen MR) is 86.3 cm³/mol. The lowest BCUT2D eigenvalue weighted by Crippen LogP contribution is -2.10. The minimum atomic E-state index is -4.53. The van der Waals surface area contributed by atoms with E-state index in [2.05, 4.69) is 15.1 Å². The number of nitrogens with zero attached hydrogens (tertiary/aromatic N) is 3. The second-order valence-electron chi connectivity index (χ2n) is 5.73. The fraction of sp³-hybridized carbons (Fsp3) is 0.118. The highest BCUT2D eigenvalue weighted by atomic mass is 19.4. The Balaban J connectivity index is 1.96. The number of fused-ring (bicyclic) bond motifs is 3. The Kier molecular flexibility index (Phi) is 3.18. The van der Waals surface area contributed by atoms with Crippen LogP contribution in [-0.2, 0) is 6.18 Å². The van der Waals surface area contributed by atoms with E-state index in [0.717, 1.165) is 17.8 Å². The molecular formula is C17H11F3N4O. The zero-order chi connectivity index (χ0) is 17.8. The average molecular weight is 344 g/mol. The molecule has 1 aromatic carbocycles. The number of alkyl halides is 3. The van der Waals surface area contributed by atoms with Gasteiger partial charge in [-0.1, -0.05) is 11.6 Å². The van der Waals surface area contributed by atoms with Crippen LogP contribution in [-0.4, -0.2) is 19.6 Å². The maximum Gasteiger partial charge on any atom is 0.433 e. The van der Waals surface area contributed by atoms with Crippen LogP contribution in [0, 0.1) is 6.92 Å². The van der Waals surface area contributed by atoms with Crippen molar-refractivity contribution in [3.8, 4) is 11.3 Å². The van der Waals surface area contributed by atoms with E-state index in [-0.39, 0.29) is 11.1 Å². The Labute approximate surface area is 138 Å². The summed E-state index contributed by atoms with van der Waals surface area (Å²) in [5.41, 5.74) is 1.24. The normalized spacial score (nSPS) is 12.2. The second-order valence-corrected chi connectivity index (χ2v) is 5.73. The van der Waals surface area contributed by atoms with E-state index in [1.54, 1.807) is 12.1 Å². The molecule has 8 heteroatoms. The number of H-pyrrole nitrogens is 1. The molecule has 0 aliphatic carbocycles. The summed E-state index contributed by atoms with van der Waals surface area (Å²) in [5.74, 6) is 0. The Hall–Kier alpha value is -3.16. The van der Waals surface area contributed by atoms with Crippen LogP contribution in [0.5, 0.6) is 0 Å². The molecule has 0 spiro atoms. The van der Waals surface area contributed by atoms with E-state index in [9.17, 15) is 18.0 Å². The summed E-state index contributed by atoms with van der Waals surface area (Å²) in [5, 5.41) is 4.82. The molecule has 4 rings (SSSR count).